The van der Waals surface area contributed by atoms with Gasteiger partial charge in [0.2, 0.25) is 0 Å². The molecule has 18 heavy (non-hydrogen) atoms. The second-order valence-corrected chi connectivity index (χ2v) is 4.00. The first kappa shape index (κ1) is 12.1. The third kappa shape index (κ3) is 2.18. The van der Waals surface area contributed by atoms with E-state index in [4.69, 9.17) is 5.11 Å². The molecule has 0 saturated carbocycles. The monoisotopic (exact) mass is 246 g/mol. The second kappa shape index (κ2) is 4.49. The first-order chi connectivity index (χ1) is 8.49. The number of rotatable bonds is 2. The van der Waals surface area contributed by atoms with Crippen LogP contribution in [-0.2, 0) is 0 Å². The van der Waals surface area contributed by atoms with Crippen molar-refractivity contribution in [3.8, 4) is 16.9 Å². The van der Waals surface area contributed by atoms with Gasteiger partial charge in [0.25, 0.3) is 0 Å². The fraction of sp³-hybridized carbons (Fsp3) is 0.0714. The third-order valence-corrected chi connectivity index (χ3v) is 2.74. The molecule has 0 heterocycles. The fourth-order valence-corrected chi connectivity index (χ4v) is 1.78. The first-order valence-electron chi connectivity index (χ1n) is 5.32. The summed E-state index contributed by atoms with van der Waals surface area (Å²) in [6.45, 7) is 1.81. The molecule has 0 aromatic heterocycles. The minimum atomic E-state index is -1.22. The Labute approximate surface area is 103 Å². The Morgan fingerprint density at radius 2 is 1.89 bits per heavy atom. The van der Waals surface area contributed by atoms with Crippen molar-refractivity contribution in [3.05, 3.63) is 53.3 Å². The Morgan fingerprint density at radius 3 is 2.56 bits per heavy atom. The molecule has 0 atom stereocenters. The van der Waals surface area contributed by atoms with E-state index >= 15 is 0 Å². The Bertz CT molecular complexity index is 620. The van der Waals surface area contributed by atoms with Crippen LogP contribution in [0.3, 0.4) is 0 Å². The van der Waals surface area contributed by atoms with Gasteiger partial charge in [-0.3, -0.25) is 0 Å². The highest BCUT2D eigenvalue weighted by atomic mass is 19.1. The van der Waals surface area contributed by atoms with Crippen LogP contribution in [0, 0.1) is 12.7 Å². The Hall–Kier alpha value is -2.36. The molecule has 0 aliphatic rings. The summed E-state index contributed by atoms with van der Waals surface area (Å²) >= 11 is 0. The SMILES string of the molecule is Cc1ccc(F)cc1-c1ccc(O)c(C(=O)O)c1. The molecule has 0 aliphatic heterocycles. The van der Waals surface area contributed by atoms with Crippen LogP contribution < -0.4 is 0 Å². The van der Waals surface area contributed by atoms with Gasteiger partial charge >= 0.3 is 5.97 Å². The van der Waals surface area contributed by atoms with Gasteiger partial charge in [0.15, 0.2) is 0 Å². The van der Waals surface area contributed by atoms with Crippen LogP contribution in [0.5, 0.6) is 5.75 Å². The predicted octanol–water partition coefficient (Wildman–Crippen LogP) is 3.20. The molecular weight excluding hydrogens is 235 g/mol. The lowest BCUT2D eigenvalue weighted by molar-refractivity contribution is 0.0694. The van der Waals surface area contributed by atoms with Crippen LogP contribution >= 0.6 is 0 Å². The molecular formula is C14H11FO3. The van der Waals surface area contributed by atoms with E-state index in [-0.39, 0.29) is 17.1 Å². The molecule has 3 nitrogen and oxygen atoms in total. The van der Waals surface area contributed by atoms with Gasteiger partial charge in [-0.2, -0.15) is 0 Å². The van der Waals surface area contributed by atoms with Crippen LogP contribution in [-0.4, -0.2) is 16.2 Å². The summed E-state index contributed by atoms with van der Waals surface area (Å²) in [5, 5.41) is 18.3. The Kier molecular flexibility index (Phi) is 3.02. The highest BCUT2D eigenvalue weighted by Gasteiger charge is 2.12. The topological polar surface area (TPSA) is 57.5 Å². The number of halogens is 1. The maximum atomic E-state index is 13.2. The van der Waals surface area contributed by atoms with E-state index < -0.39 is 5.97 Å². The minimum Gasteiger partial charge on any atom is -0.507 e. The molecule has 2 aromatic rings. The highest BCUT2D eigenvalue weighted by Crippen LogP contribution is 2.28. The van der Waals surface area contributed by atoms with E-state index in [1.807, 2.05) is 6.92 Å². The molecule has 0 fully saturated rings. The molecule has 92 valence electrons. The van der Waals surface area contributed by atoms with Crippen LogP contribution in [0.4, 0.5) is 4.39 Å². The highest BCUT2D eigenvalue weighted by molar-refractivity contribution is 5.92. The zero-order valence-corrected chi connectivity index (χ0v) is 9.64. The van der Waals surface area contributed by atoms with Crippen molar-refractivity contribution in [2.24, 2.45) is 0 Å². The number of phenols is 1. The molecule has 0 amide bonds. The van der Waals surface area contributed by atoms with Gasteiger partial charge in [-0.15, -0.1) is 0 Å². The third-order valence-electron chi connectivity index (χ3n) is 2.74. The molecule has 0 aliphatic carbocycles. The van der Waals surface area contributed by atoms with Crippen molar-refractivity contribution in [1.29, 1.82) is 0 Å². The van der Waals surface area contributed by atoms with Crippen molar-refractivity contribution in [1.82, 2.24) is 0 Å². The number of hydrogen-bond acceptors (Lipinski definition) is 2. The molecule has 0 bridgehead atoms. The molecule has 0 saturated heterocycles. The van der Waals surface area contributed by atoms with E-state index in [2.05, 4.69) is 0 Å². The molecule has 0 spiro atoms. The molecule has 2 aromatic carbocycles. The van der Waals surface area contributed by atoms with Gasteiger partial charge in [-0.1, -0.05) is 12.1 Å². The summed E-state index contributed by atoms with van der Waals surface area (Å²) in [5.74, 6) is -1.91. The zero-order valence-electron chi connectivity index (χ0n) is 9.64. The number of carboxylic acids is 1. The Balaban J connectivity index is 2.61. The molecule has 0 radical (unpaired) electrons. The molecule has 2 N–H and O–H groups in total. The van der Waals surface area contributed by atoms with E-state index in [9.17, 15) is 14.3 Å². The fourth-order valence-electron chi connectivity index (χ4n) is 1.78. The summed E-state index contributed by atoms with van der Waals surface area (Å²) < 4.78 is 13.2. The number of hydrogen-bond donors (Lipinski definition) is 2. The number of carbonyl (C=O) groups is 1. The number of aryl methyl sites for hydroxylation is 1. The first-order valence-corrected chi connectivity index (χ1v) is 5.32. The van der Waals surface area contributed by atoms with Gasteiger partial charge in [0.05, 0.1) is 0 Å². The average molecular weight is 246 g/mol. The molecule has 0 unspecified atom stereocenters. The lowest BCUT2D eigenvalue weighted by Crippen LogP contribution is -1.97. The van der Waals surface area contributed by atoms with Gasteiger partial charge in [0.1, 0.15) is 17.1 Å². The molecule has 2 rings (SSSR count). The van der Waals surface area contributed by atoms with Crippen LogP contribution in [0.2, 0.25) is 0 Å². The zero-order chi connectivity index (χ0) is 13.3. The van der Waals surface area contributed by atoms with Crippen molar-refractivity contribution in [2.75, 3.05) is 0 Å². The smallest absolute Gasteiger partial charge is 0.339 e. The van der Waals surface area contributed by atoms with Crippen molar-refractivity contribution < 1.29 is 19.4 Å². The predicted molar refractivity (Wildman–Crippen MR) is 65.2 cm³/mol. The lowest BCUT2D eigenvalue weighted by Gasteiger charge is -2.08. The number of benzene rings is 2. The van der Waals surface area contributed by atoms with Crippen molar-refractivity contribution in [2.45, 2.75) is 6.92 Å². The van der Waals surface area contributed by atoms with Crippen molar-refractivity contribution in [3.63, 3.8) is 0 Å². The van der Waals surface area contributed by atoms with Crippen LogP contribution in [0.25, 0.3) is 11.1 Å². The lowest BCUT2D eigenvalue weighted by atomic mass is 9.98. The summed E-state index contributed by atoms with van der Waals surface area (Å²) in [4.78, 5) is 10.9. The van der Waals surface area contributed by atoms with Gasteiger partial charge in [-0.25, -0.2) is 9.18 Å². The van der Waals surface area contributed by atoms with Gasteiger partial charge in [-0.05, 0) is 47.9 Å². The van der Waals surface area contributed by atoms with Crippen LogP contribution in [0.15, 0.2) is 36.4 Å². The maximum Gasteiger partial charge on any atom is 0.339 e. The molecule has 4 heteroatoms. The van der Waals surface area contributed by atoms with E-state index in [0.717, 1.165) is 5.56 Å². The summed E-state index contributed by atoms with van der Waals surface area (Å²) in [5.41, 5.74) is 1.80. The maximum absolute atomic E-state index is 13.2. The Morgan fingerprint density at radius 1 is 1.17 bits per heavy atom. The average Bonchev–Trinajstić information content (AvgIpc) is 2.33. The van der Waals surface area contributed by atoms with Gasteiger partial charge < -0.3 is 10.2 Å². The largest absolute Gasteiger partial charge is 0.507 e. The summed E-state index contributed by atoms with van der Waals surface area (Å²) in [7, 11) is 0. The van der Waals surface area contributed by atoms with E-state index in [1.165, 1.54) is 24.3 Å². The summed E-state index contributed by atoms with van der Waals surface area (Å²) in [6, 6.07) is 8.49. The summed E-state index contributed by atoms with van der Waals surface area (Å²) in [6.07, 6.45) is 0. The van der Waals surface area contributed by atoms with E-state index in [1.54, 1.807) is 12.1 Å². The number of aromatic carboxylic acids is 1. The normalized spacial score (nSPS) is 10.3. The van der Waals surface area contributed by atoms with E-state index in [0.29, 0.717) is 11.1 Å². The standard InChI is InChI=1S/C14H11FO3/c1-8-2-4-10(15)7-11(8)9-3-5-13(16)12(6-9)14(17)18/h2-7,16H,1H3,(H,17,18). The van der Waals surface area contributed by atoms with Crippen LogP contribution in [0.1, 0.15) is 15.9 Å². The quantitative estimate of drug-likeness (QED) is 0.855. The number of carboxylic acid groups (broad SMARTS) is 1. The second-order valence-electron chi connectivity index (χ2n) is 4.00. The number of aromatic hydroxyl groups is 1. The minimum absolute atomic E-state index is 0.198. The van der Waals surface area contributed by atoms with Crippen molar-refractivity contribution >= 4 is 5.97 Å². The van der Waals surface area contributed by atoms with Gasteiger partial charge in [0, 0.05) is 0 Å².